The van der Waals surface area contributed by atoms with Gasteiger partial charge in [0.1, 0.15) is 6.61 Å². The zero-order chi connectivity index (χ0) is 16.9. The lowest BCUT2D eigenvalue weighted by atomic mass is 9.61. The Bertz CT molecular complexity index is 450. The fourth-order valence-electron chi connectivity index (χ4n) is 4.01. The zero-order valence-electron chi connectivity index (χ0n) is 14.8. The van der Waals surface area contributed by atoms with Gasteiger partial charge < -0.3 is 20.0 Å². The number of oxime groups is 1. The lowest BCUT2D eigenvalue weighted by Gasteiger charge is -2.47. The van der Waals surface area contributed by atoms with Gasteiger partial charge in [-0.25, -0.2) is 0 Å². The SMILES string of the molecule is CN(C)CCON=C[C@H]1CC[C@]2(O)CC(=CCCO)CC[C@]12C. The van der Waals surface area contributed by atoms with Crippen molar-refractivity contribution in [2.24, 2.45) is 16.5 Å². The highest BCUT2D eigenvalue weighted by Crippen LogP contribution is 2.58. The van der Waals surface area contributed by atoms with Gasteiger partial charge in [0, 0.05) is 30.7 Å². The number of likely N-dealkylation sites (N-methyl/N-ethyl adjacent to an activating group) is 1. The predicted molar refractivity (Wildman–Crippen MR) is 92.4 cm³/mol. The standard InChI is InChI=1S/C18H32N2O3/c1-17-8-6-15(5-4-11-21)13-18(17,22)9-7-16(17)14-19-23-12-10-20(2)3/h5,14,16,21-22H,4,6-13H2,1-3H3/t16-,17-,18+/m1/s1. The molecule has 5 heteroatoms. The molecule has 0 aliphatic heterocycles. The minimum Gasteiger partial charge on any atom is -0.396 e. The molecule has 0 unspecified atom stereocenters. The van der Waals surface area contributed by atoms with Crippen molar-refractivity contribution in [1.82, 2.24) is 4.90 Å². The summed E-state index contributed by atoms with van der Waals surface area (Å²) in [5.41, 5.74) is 0.518. The Hall–Kier alpha value is -0.910. The molecular weight excluding hydrogens is 292 g/mol. The van der Waals surface area contributed by atoms with Crippen LogP contribution in [0.1, 0.15) is 45.4 Å². The van der Waals surface area contributed by atoms with Crippen LogP contribution in [0.3, 0.4) is 0 Å². The second kappa shape index (κ2) is 7.77. The molecular formula is C18H32N2O3. The van der Waals surface area contributed by atoms with Gasteiger partial charge in [0.25, 0.3) is 0 Å². The monoisotopic (exact) mass is 324 g/mol. The average Bonchev–Trinajstić information content (AvgIpc) is 2.76. The van der Waals surface area contributed by atoms with E-state index >= 15 is 0 Å². The molecule has 0 radical (unpaired) electrons. The number of aliphatic hydroxyl groups is 2. The van der Waals surface area contributed by atoms with Crippen molar-refractivity contribution in [2.45, 2.75) is 51.0 Å². The van der Waals surface area contributed by atoms with Crippen LogP contribution in [-0.2, 0) is 4.84 Å². The van der Waals surface area contributed by atoms with Gasteiger partial charge in [0.05, 0.1) is 5.60 Å². The Morgan fingerprint density at radius 1 is 1.39 bits per heavy atom. The van der Waals surface area contributed by atoms with E-state index in [4.69, 9.17) is 9.94 Å². The topological polar surface area (TPSA) is 65.3 Å². The Morgan fingerprint density at radius 3 is 2.87 bits per heavy atom. The van der Waals surface area contributed by atoms with Gasteiger partial charge in [-0.15, -0.1) is 0 Å². The largest absolute Gasteiger partial charge is 0.396 e. The molecule has 2 saturated carbocycles. The fourth-order valence-corrected chi connectivity index (χ4v) is 4.01. The maximum atomic E-state index is 11.2. The van der Waals surface area contributed by atoms with Crippen molar-refractivity contribution in [2.75, 3.05) is 33.9 Å². The first-order valence-electron chi connectivity index (χ1n) is 8.72. The normalized spacial score (nSPS) is 36.1. The van der Waals surface area contributed by atoms with Gasteiger partial charge in [-0.05, 0) is 52.6 Å². The summed E-state index contributed by atoms with van der Waals surface area (Å²) in [6.07, 6.45) is 9.18. The van der Waals surface area contributed by atoms with Crippen LogP contribution in [0.25, 0.3) is 0 Å². The molecule has 2 fully saturated rings. The van der Waals surface area contributed by atoms with Crippen LogP contribution in [0.4, 0.5) is 0 Å². The molecule has 2 rings (SSSR count). The quantitative estimate of drug-likeness (QED) is 0.326. The maximum absolute atomic E-state index is 11.2. The highest BCUT2D eigenvalue weighted by Gasteiger charge is 2.57. The summed E-state index contributed by atoms with van der Waals surface area (Å²) < 4.78 is 0. The maximum Gasteiger partial charge on any atom is 0.129 e. The molecule has 2 aliphatic rings. The molecule has 2 aliphatic carbocycles. The van der Waals surface area contributed by atoms with Crippen LogP contribution in [-0.4, -0.2) is 60.8 Å². The molecule has 0 amide bonds. The van der Waals surface area contributed by atoms with Crippen LogP contribution in [0, 0.1) is 11.3 Å². The van der Waals surface area contributed by atoms with Crippen LogP contribution in [0.15, 0.2) is 16.8 Å². The predicted octanol–water partition coefficient (Wildman–Crippen LogP) is 2.19. The molecule has 0 bridgehead atoms. The molecule has 2 N–H and O–H groups in total. The molecule has 3 atom stereocenters. The summed E-state index contributed by atoms with van der Waals surface area (Å²) in [5, 5.41) is 24.3. The Balaban J connectivity index is 1.95. The van der Waals surface area contributed by atoms with Crippen molar-refractivity contribution >= 4 is 6.21 Å². The number of rotatable bonds is 7. The number of aliphatic hydroxyl groups excluding tert-OH is 1. The van der Waals surface area contributed by atoms with E-state index in [-0.39, 0.29) is 17.9 Å². The van der Waals surface area contributed by atoms with E-state index in [9.17, 15) is 5.11 Å². The van der Waals surface area contributed by atoms with Crippen molar-refractivity contribution in [3.63, 3.8) is 0 Å². The molecule has 0 spiro atoms. The molecule has 0 aromatic heterocycles. The van der Waals surface area contributed by atoms with Gasteiger partial charge in [0.2, 0.25) is 0 Å². The van der Waals surface area contributed by atoms with Crippen molar-refractivity contribution in [3.05, 3.63) is 11.6 Å². The third-order valence-corrected chi connectivity index (χ3v) is 5.74. The fraction of sp³-hybridized carbons (Fsp3) is 0.833. The minimum absolute atomic E-state index is 0.127. The van der Waals surface area contributed by atoms with E-state index in [0.29, 0.717) is 13.0 Å². The molecule has 0 heterocycles. The molecule has 0 saturated heterocycles. The second-order valence-electron chi connectivity index (χ2n) is 7.54. The molecule has 132 valence electrons. The lowest BCUT2D eigenvalue weighted by molar-refractivity contribution is -0.0759. The van der Waals surface area contributed by atoms with Gasteiger partial charge in [-0.1, -0.05) is 23.7 Å². The summed E-state index contributed by atoms with van der Waals surface area (Å²) in [6.45, 7) is 3.81. The number of hydrogen-bond donors (Lipinski definition) is 2. The lowest BCUT2D eigenvalue weighted by Crippen LogP contribution is -2.48. The summed E-state index contributed by atoms with van der Waals surface area (Å²) in [6, 6.07) is 0. The molecule has 23 heavy (non-hydrogen) atoms. The van der Waals surface area contributed by atoms with Gasteiger partial charge in [0.15, 0.2) is 0 Å². The van der Waals surface area contributed by atoms with Crippen LogP contribution in [0.5, 0.6) is 0 Å². The zero-order valence-corrected chi connectivity index (χ0v) is 14.8. The highest BCUT2D eigenvalue weighted by atomic mass is 16.6. The first-order valence-corrected chi connectivity index (χ1v) is 8.72. The van der Waals surface area contributed by atoms with E-state index in [2.05, 4.69) is 23.1 Å². The number of hydrogen-bond acceptors (Lipinski definition) is 5. The second-order valence-corrected chi connectivity index (χ2v) is 7.54. The molecule has 0 aromatic rings. The average molecular weight is 324 g/mol. The summed E-state index contributed by atoms with van der Waals surface area (Å²) in [5.74, 6) is 0.270. The molecule has 5 nitrogen and oxygen atoms in total. The van der Waals surface area contributed by atoms with Crippen molar-refractivity contribution in [3.8, 4) is 0 Å². The van der Waals surface area contributed by atoms with E-state index in [1.165, 1.54) is 5.57 Å². The Kier molecular flexibility index (Phi) is 6.23. The van der Waals surface area contributed by atoms with E-state index in [1.807, 2.05) is 20.3 Å². The van der Waals surface area contributed by atoms with Crippen LogP contribution >= 0.6 is 0 Å². The Labute approximate surface area is 140 Å². The first-order chi connectivity index (χ1) is 10.9. The minimum atomic E-state index is -0.646. The van der Waals surface area contributed by atoms with Crippen molar-refractivity contribution < 1.29 is 15.1 Å². The van der Waals surface area contributed by atoms with Crippen LogP contribution in [0.2, 0.25) is 0 Å². The van der Waals surface area contributed by atoms with Crippen LogP contribution < -0.4 is 0 Å². The van der Waals surface area contributed by atoms with Crippen molar-refractivity contribution in [1.29, 1.82) is 0 Å². The van der Waals surface area contributed by atoms with E-state index < -0.39 is 5.60 Å². The number of fused-ring (bicyclic) bond motifs is 1. The van der Waals surface area contributed by atoms with Gasteiger partial charge in [-0.3, -0.25) is 0 Å². The van der Waals surface area contributed by atoms with Gasteiger partial charge in [-0.2, -0.15) is 0 Å². The first kappa shape index (κ1) is 18.4. The third-order valence-electron chi connectivity index (χ3n) is 5.74. The highest BCUT2D eigenvalue weighted by molar-refractivity contribution is 5.63. The summed E-state index contributed by atoms with van der Waals surface area (Å²) >= 11 is 0. The molecule has 0 aromatic carbocycles. The third kappa shape index (κ3) is 4.14. The number of nitrogens with zero attached hydrogens (tertiary/aromatic N) is 2. The van der Waals surface area contributed by atoms with E-state index in [0.717, 1.165) is 38.6 Å². The summed E-state index contributed by atoms with van der Waals surface area (Å²) in [4.78, 5) is 7.41. The Morgan fingerprint density at radius 2 is 2.17 bits per heavy atom. The van der Waals surface area contributed by atoms with E-state index in [1.54, 1.807) is 0 Å². The smallest absolute Gasteiger partial charge is 0.129 e. The summed E-state index contributed by atoms with van der Waals surface area (Å²) in [7, 11) is 4.02. The van der Waals surface area contributed by atoms with Gasteiger partial charge >= 0.3 is 0 Å².